The quantitative estimate of drug-likeness (QED) is 0.621. The monoisotopic (exact) mass is 157 g/mol. The van der Waals surface area contributed by atoms with Crippen LogP contribution in [0.3, 0.4) is 0 Å². The zero-order chi connectivity index (χ0) is 6.78. The molecule has 0 rings (SSSR count). The second-order valence-electron chi connectivity index (χ2n) is 1.68. The molecule has 50 valence electrons. The summed E-state index contributed by atoms with van der Waals surface area (Å²) in [5.41, 5.74) is 4.84. The maximum absolute atomic E-state index is 10.3. The Morgan fingerprint density at radius 3 is 2.12 bits per heavy atom. The lowest BCUT2D eigenvalue weighted by molar-refractivity contribution is 0.252. The first-order valence-corrected chi connectivity index (χ1v) is 4.78. The Bertz CT molecular complexity index is 110. The lowest BCUT2D eigenvalue weighted by Crippen LogP contribution is -2.01. The van der Waals surface area contributed by atoms with Gasteiger partial charge in [0.1, 0.15) is 0 Å². The topological polar surface area (TPSA) is 52.3 Å². The Balaban J connectivity index is 3.56. The zero-order valence-corrected chi connectivity index (χ0v) is 6.45. The van der Waals surface area contributed by atoms with Crippen LogP contribution in [0.4, 0.5) is 0 Å². The average molecular weight is 158 g/mol. The van der Waals surface area contributed by atoms with E-state index in [2.05, 4.69) is 4.52 Å². The first kappa shape index (κ1) is 8.44. The van der Waals surface area contributed by atoms with Crippen molar-refractivity contribution < 1.29 is 9.09 Å². The lowest BCUT2D eigenvalue weighted by atomic mass is 10.5. The predicted molar refractivity (Wildman–Crippen MR) is 33.9 cm³/mol. The number of hydrogen-bond acceptors (Lipinski definition) is 2. The van der Waals surface area contributed by atoms with Crippen molar-refractivity contribution in [1.82, 2.24) is 0 Å². The molecular formula is C3H9ClNO2P. The highest BCUT2D eigenvalue weighted by molar-refractivity contribution is 7.83. The number of hydrogen-bond donors (Lipinski definition) is 1. The van der Waals surface area contributed by atoms with Crippen LogP contribution in [0.1, 0.15) is 13.8 Å². The van der Waals surface area contributed by atoms with Gasteiger partial charge in [-0.2, -0.15) is 0 Å². The summed E-state index contributed by atoms with van der Waals surface area (Å²) in [6.07, 6.45) is -0.177. The summed E-state index contributed by atoms with van der Waals surface area (Å²) in [5, 5.41) is 0. The van der Waals surface area contributed by atoms with Crippen LogP contribution in [0.2, 0.25) is 0 Å². The average Bonchev–Trinajstić information content (AvgIpc) is 1.21. The molecule has 0 radical (unpaired) electrons. The highest BCUT2D eigenvalue weighted by Gasteiger charge is 2.12. The van der Waals surface area contributed by atoms with E-state index < -0.39 is 6.87 Å². The minimum absolute atomic E-state index is 0.177. The molecule has 0 aliphatic heterocycles. The standard InChI is InChI=1S/C3H9ClNO2P/c1-3(2)7-8(4,5)6/h3H,1-2H3,(H2,5,6). The number of nitrogens with two attached hydrogens (primary N) is 1. The molecule has 0 fully saturated rings. The lowest BCUT2D eigenvalue weighted by Gasteiger charge is -2.07. The van der Waals surface area contributed by atoms with Crippen molar-refractivity contribution in [3.05, 3.63) is 0 Å². The Labute approximate surface area is 53.5 Å². The van der Waals surface area contributed by atoms with E-state index in [-0.39, 0.29) is 6.10 Å². The van der Waals surface area contributed by atoms with E-state index in [0.29, 0.717) is 0 Å². The first-order valence-electron chi connectivity index (χ1n) is 2.18. The Morgan fingerprint density at radius 2 is 2.12 bits per heavy atom. The van der Waals surface area contributed by atoms with E-state index >= 15 is 0 Å². The van der Waals surface area contributed by atoms with Crippen LogP contribution in [-0.2, 0) is 9.09 Å². The van der Waals surface area contributed by atoms with Gasteiger partial charge >= 0.3 is 6.87 Å². The molecule has 0 saturated heterocycles. The van der Waals surface area contributed by atoms with Crippen molar-refractivity contribution in [3.63, 3.8) is 0 Å². The Morgan fingerprint density at radius 1 is 1.75 bits per heavy atom. The van der Waals surface area contributed by atoms with Crippen molar-refractivity contribution in [1.29, 1.82) is 0 Å². The van der Waals surface area contributed by atoms with Gasteiger partial charge in [0.25, 0.3) is 0 Å². The molecule has 0 aromatic rings. The minimum Gasteiger partial charge on any atom is -0.304 e. The Kier molecular flexibility index (Phi) is 2.99. The van der Waals surface area contributed by atoms with Crippen molar-refractivity contribution >= 4 is 18.1 Å². The van der Waals surface area contributed by atoms with Crippen LogP contribution in [0.15, 0.2) is 0 Å². The van der Waals surface area contributed by atoms with Crippen molar-refractivity contribution in [2.24, 2.45) is 5.50 Å². The summed E-state index contributed by atoms with van der Waals surface area (Å²) in [6.45, 7) is 0.171. The van der Waals surface area contributed by atoms with E-state index in [1.807, 2.05) is 0 Å². The van der Waals surface area contributed by atoms with Gasteiger partial charge in [-0.25, -0.2) is 5.50 Å². The number of halogens is 1. The fourth-order valence-corrected chi connectivity index (χ4v) is 1.34. The van der Waals surface area contributed by atoms with Gasteiger partial charge in [-0.15, -0.1) is 0 Å². The highest BCUT2D eigenvalue weighted by Crippen LogP contribution is 2.44. The highest BCUT2D eigenvalue weighted by atomic mass is 35.7. The van der Waals surface area contributed by atoms with Gasteiger partial charge in [0.05, 0.1) is 6.10 Å². The summed E-state index contributed by atoms with van der Waals surface area (Å²) in [6, 6.07) is 0. The van der Waals surface area contributed by atoms with Crippen molar-refractivity contribution in [2.45, 2.75) is 20.0 Å². The summed E-state index contributed by atoms with van der Waals surface area (Å²) >= 11 is 5.04. The molecule has 5 heteroatoms. The molecule has 0 saturated carbocycles. The molecule has 0 aliphatic rings. The largest absolute Gasteiger partial charge is 0.358 e. The summed E-state index contributed by atoms with van der Waals surface area (Å²) in [7, 11) is 0. The first-order chi connectivity index (χ1) is 3.42. The van der Waals surface area contributed by atoms with Crippen molar-refractivity contribution in [2.75, 3.05) is 0 Å². The van der Waals surface area contributed by atoms with Crippen LogP contribution >= 0.6 is 18.1 Å². The van der Waals surface area contributed by atoms with E-state index in [1.54, 1.807) is 13.8 Å². The molecule has 2 N–H and O–H groups in total. The smallest absolute Gasteiger partial charge is 0.304 e. The molecule has 0 heterocycles. The van der Waals surface area contributed by atoms with Gasteiger partial charge in [0.2, 0.25) is 0 Å². The van der Waals surface area contributed by atoms with E-state index in [4.69, 9.17) is 16.7 Å². The molecule has 0 spiro atoms. The fourth-order valence-electron chi connectivity index (χ4n) is 0.287. The molecular weight excluding hydrogens is 148 g/mol. The second kappa shape index (κ2) is 2.83. The molecule has 8 heavy (non-hydrogen) atoms. The van der Waals surface area contributed by atoms with Gasteiger partial charge in [-0.1, -0.05) is 0 Å². The molecule has 1 unspecified atom stereocenters. The number of rotatable bonds is 2. The van der Waals surface area contributed by atoms with E-state index in [0.717, 1.165) is 0 Å². The third-order valence-electron chi connectivity index (χ3n) is 0.355. The summed E-state index contributed by atoms with van der Waals surface area (Å²) in [5.74, 6) is 0. The van der Waals surface area contributed by atoms with Crippen LogP contribution in [-0.4, -0.2) is 6.10 Å². The normalized spacial score (nSPS) is 18.6. The molecule has 1 atom stereocenters. The molecule has 0 aromatic carbocycles. The van der Waals surface area contributed by atoms with Gasteiger partial charge in [-0.3, -0.25) is 4.57 Å². The SMILES string of the molecule is CC(C)OP(N)(=O)Cl. The molecule has 0 bridgehead atoms. The second-order valence-corrected chi connectivity index (χ2v) is 4.34. The van der Waals surface area contributed by atoms with Crippen LogP contribution in [0, 0.1) is 0 Å². The van der Waals surface area contributed by atoms with Crippen LogP contribution < -0.4 is 5.50 Å². The van der Waals surface area contributed by atoms with E-state index in [9.17, 15) is 4.57 Å². The van der Waals surface area contributed by atoms with Crippen LogP contribution in [0.25, 0.3) is 0 Å². The van der Waals surface area contributed by atoms with Gasteiger partial charge in [0, 0.05) is 0 Å². The van der Waals surface area contributed by atoms with E-state index in [1.165, 1.54) is 0 Å². The fraction of sp³-hybridized carbons (Fsp3) is 1.00. The maximum Gasteiger partial charge on any atom is 0.358 e. The van der Waals surface area contributed by atoms with Crippen molar-refractivity contribution in [3.8, 4) is 0 Å². The Hall–Kier alpha value is 0.440. The molecule has 3 nitrogen and oxygen atoms in total. The molecule has 0 amide bonds. The van der Waals surface area contributed by atoms with Gasteiger partial charge in [0.15, 0.2) is 0 Å². The molecule has 0 aromatic heterocycles. The summed E-state index contributed by atoms with van der Waals surface area (Å²) < 4.78 is 14.9. The predicted octanol–water partition coefficient (Wildman–Crippen LogP) is 1.72. The van der Waals surface area contributed by atoms with Crippen LogP contribution in [0.5, 0.6) is 0 Å². The third-order valence-corrected chi connectivity index (χ3v) is 1.30. The zero-order valence-electron chi connectivity index (χ0n) is 4.80. The summed E-state index contributed by atoms with van der Waals surface area (Å²) in [4.78, 5) is 0. The van der Waals surface area contributed by atoms with Gasteiger partial charge in [-0.05, 0) is 25.1 Å². The third kappa shape index (κ3) is 6.44. The minimum atomic E-state index is -3.25. The maximum atomic E-state index is 10.3. The molecule has 0 aliphatic carbocycles. The van der Waals surface area contributed by atoms with Gasteiger partial charge < -0.3 is 4.52 Å².